The first-order valence-corrected chi connectivity index (χ1v) is 4.95. The van der Waals surface area contributed by atoms with Crippen LogP contribution >= 0.6 is 15.9 Å². The SMILES string of the molecule is Cc1c(O)cc(C(C)C)c(O)c1Br. The van der Waals surface area contributed by atoms with Gasteiger partial charge in [0.15, 0.2) is 0 Å². The molecule has 0 saturated carbocycles. The molecular weight excluding hydrogens is 232 g/mol. The lowest BCUT2D eigenvalue weighted by Crippen LogP contribution is -1.91. The zero-order valence-corrected chi connectivity index (χ0v) is 9.51. The van der Waals surface area contributed by atoms with Crippen molar-refractivity contribution in [3.63, 3.8) is 0 Å². The molecule has 72 valence electrons. The predicted molar refractivity (Wildman–Crippen MR) is 56.3 cm³/mol. The first kappa shape index (κ1) is 10.4. The highest BCUT2D eigenvalue weighted by Crippen LogP contribution is 2.39. The molecule has 1 aromatic rings. The molecule has 0 amide bonds. The quantitative estimate of drug-likeness (QED) is 0.745. The van der Waals surface area contributed by atoms with Gasteiger partial charge in [-0.25, -0.2) is 0 Å². The van der Waals surface area contributed by atoms with E-state index in [1.54, 1.807) is 13.0 Å². The van der Waals surface area contributed by atoms with E-state index in [0.717, 1.165) is 5.56 Å². The van der Waals surface area contributed by atoms with Crippen molar-refractivity contribution >= 4 is 15.9 Å². The zero-order valence-electron chi connectivity index (χ0n) is 7.93. The Balaban J connectivity index is 3.41. The Hall–Kier alpha value is -0.700. The van der Waals surface area contributed by atoms with Crippen LogP contribution < -0.4 is 0 Å². The minimum atomic E-state index is 0.197. The van der Waals surface area contributed by atoms with E-state index < -0.39 is 0 Å². The number of phenolic OH excluding ortho intramolecular Hbond substituents is 2. The fourth-order valence-electron chi connectivity index (χ4n) is 1.18. The number of hydrogen-bond donors (Lipinski definition) is 2. The zero-order chi connectivity index (χ0) is 10.2. The molecule has 0 aliphatic carbocycles. The first-order valence-electron chi connectivity index (χ1n) is 4.16. The maximum Gasteiger partial charge on any atom is 0.133 e. The second-order valence-corrected chi connectivity index (χ2v) is 4.22. The Morgan fingerprint density at radius 1 is 1.31 bits per heavy atom. The molecule has 0 heterocycles. The van der Waals surface area contributed by atoms with Gasteiger partial charge >= 0.3 is 0 Å². The van der Waals surface area contributed by atoms with Crippen molar-refractivity contribution in [1.29, 1.82) is 0 Å². The van der Waals surface area contributed by atoms with E-state index in [0.29, 0.717) is 10.0 Å². The maximum absolute atomic E-state index is 9.72. The van der Waals surface area contributed by atoms with Crippen LogP contribution in [0, 0.1) is 6.92 Å². The van der Waals surface area contributed by atoms with Gasteiger partial charge in [-0.3, -0.25) is 0 Å². The number of benzene rings is 1. The van der Waals surface area contributed by atoms with Gasteiger partial charge in [0.2, 0.25) is 0 Å². The summed E-state index contributed by atoms with van der Waals surface area (Å²) in [5, 5.41) is 19.2. The summed E-state index contributed by atoms with van der Waals surface area (Å²) in [6, 6.07) is 1.61. The minimum absolute atomic E-state index is 0.197. The third-order valence-electron chi connectivity index (χ3n) is 2.11. The van der Waals surface area contributed by atoms with E-state index in [1.165, 1.54) is 0 Å². The van der Waals surface area contributed by atoms with Gasteiger partial charge in [0.05, 0.1) is 4.47 Å². The number of aromatic hydroxyl groups is 2. The lowest BCUT2D eigenvalue weighted by molar-refractivity contribution is 0.445. The summed E-state index contributed by atoms with van der Waals surface area (Å²) in [4.78, 5) is 0. The van der Waals surface area contributed by atoms with Crippen LogP contribution in [0.15, 0.2) is 10.5 Å². The highest BCUT2D eigenvalue weighted by Gasteiger charge is 2.14. The fourth-order valence-corrected chi connectivity index (χ4v) is 1.61. The van der Waals surface area contributed by atoms with Crippen LogP contribution in [0.1, 0.15) is 30.9 Å². The van der Waals surface area contributed by atoms with Crippen molar-refractivity contribution in [3.05, 3.63) is 21.7 Å². The Kier molecular flexibility index (Phi) is 2.86. The maximum atomic E-state index is 9.72. The number of hydrogen-bond acceptors (Lipinski definition) is 2. The molecule has 0 radical (unpaired) electrons. The van der Waals surface area contributed by atoms with Crippen LogP contribution in [0.5, 0.6) is 11.5 Å². The predicted octanol–water partition coefficient (Wildman–Crippen LogP) is 3.29. The third kappa shape index (κ3) is 1.80. The van der Waals surface area contributed by atoms with Crippen molar-refractivity contribution in [1.82, 2.24) is 0 Å². The molecule has 0 saturated heterocycles. The minimum Gasteiger partial charge on any atom is -0.508 e. The smallest absolute Gasteiger partial charge is 0.133 e. The summed E-state index contributed by atoms with van der Waals surface area (Å²) < 4.78 is 0.580. The summed E-state index contributed by atoms with van der Waals surface area (Å²) in [5.74, 6) is 0.640. The van der Waals surface area contributed by atoms with E-state index >= 15 is 0 Å². The van der Waals surface area contributed by atoms with E-state index in [9.17, 15) is 10.2 Å². The Labute approximate surface area is 86.3 Å². The summed E-state index contributed by atoms with van der Waals surface area (Å²) in [6.45, 7) is 5.69. The topological polar surface area (TPSA) is 40.5 Å². The summed E-state index contributed by atoms with van der Waals surface area (Å²) >= 11 is 3.24. The molecule has 0 spiro atoms. The molecule has 0 unspecified atom stereocenters. The standard InChI is InChI=1S/C10H13BrO2/c1-5(2)7-4-8(12)6(3)9(11)10(7)13/h4-5,12-13H,1-3H3. The van der Waals surface area contributed by atoms with E-state index in [4.69, 9.17) is 0 Å². The van der Waals surface area contributed by atoms with Crippen molar-refractivity contribution in [2.45, 2.75) is 26.7 Å². The average molecular weight is 245 g/mol. The Morgan fingerprint density at radius 2 is 1.85 bits per heavy atom. The van der Waals surface area contributed by atoms with Crippen molar-refractivity contribution in [3.8, 4) is 11.5 Å². The normalized spacial score (nSPS) is 10.8. The number of rotatable bonds is 1. The Morgan fingerprint density at radius 3 is 2.31 bits per heavy atom. The molecule has 0 aromatic heterocycles. The van der Waals surface area contributed by atoms with Crippen molar-refractivity contribution < 1.29 is 10.2 Å². The molecule has 0 fully saturated rings. The largest absolute Gasteiger partial charge is 0.508 e. The van der Waals surface area contributed by atoms with E-state index in [1.807, 2.05) is 13.8 Å². The van der Waals surface area contributed by atoms with Crippen LogP contribution in [0.25, 0.3) is 0 Å². The lowest BCUT2D eigenvalue weighted by atomic mass is 10.00. The fraction of sp³-hybridized carbons (Fsp3) is 0.400. The highest BCUT2D eigenvalue weighted by atomic mass is 79.9. The van der Waals surface area contributed by atoms with Gasteiger partial charge < -0.3 is 10.2 Å². The van der Waals surface area contributed by atoms with Crippen molar-refractivity contribution in [2.24, 2.45) is 0 Å². The van der Waals surface area contributed by atoms with Crippen molar-refractivity contribution in [2.75, 3.05) is 0 Å². The second kappa shape index (κ2) is 3.58. The molecule has 13 heavy (non-hydrogen) atoms. The molecular formula is C10H13BrO2. The summed E-state index contributed by atoms with van der Waals surface area (Å²) in [5.41, 5.74) is 1.43. The molecule has 1 rings (SSSR count). The molecule has 2 N–H and O–H groups in total. The third-order valence-corrected chi connectivity index (χ3v) is 3.08. The second-order valence-electron chi connectivity index (χ2n) is 3.43. The molecule has 1 aromatic carbocycles. The monoisotopic (exact) mass is 244 g/mol. The molecule has 0 bridgehead atoms. The lowest BCUT2D eigenvalue weighted by Gasteiger charge is -2.12. The van der Waals surface area contributed by atoms with Crippen LogP contribution in [-0.2, 0) is 0 Å². The first-order chi connectivity index (χ1) is 5.95. The molecule has 0 atom stereocenters. The number of phenols is 2. The number of halogens is 1. The average Bonchev–Trinajstić information content (AvgIpc) is 2.07. The van der Waals surface area contributed by atoms with Gasteiger partial charge in [0.1, 0.15) is 11.5 Å². The van der Waals surface area contributed by atoms with Crippen LogP contribution in [0.2, 0.25) is 0 Å². The molecule has 3 heteroatoms. The van der Waals surface area contributed by atoms with Gasteiger partial charge in [-0.2, -0.15) is 0 Å². The van der Waals surface area contributed by atoms with E-state index in [2.05, 4.69) is 15.9 Å². The molecule has 0 aliphatic rings. The van der Waals surface area contributed by atoms with Gasteiger partial charge in [0, 0.05) is 11.1 Å². The van der Waals surface area contributed by atoms with Crippen LogP contribution in [0.4, 0.5) is 0 Å². The summed E-state index contributed by atoms with van der Waals surface area (Å²) in [6.07, 6.45) is 0. The van der Waals surface area contributed by atoms with Gasteiger partial charge in [-0.1, -0.05) is 13.8 Å². The van der Waals surface area contributed by atoms with Crippen LogP contribution in [0.3, 0.4) is 0 Å². The van der Waals surface area contributed by atoms with Gasteiger partial charge in [-0.05, 0) is 34.8 Å². The van der Waals surface area contributed by atoms with E-state index in [-0.39, 0.29) is 17.4 Å². The van der Waals surface area contributed by atoms with Gasteiger partial charge in [-0.15, -0.1) is 0 Å². The van der Waals surface area contributed by atoms with Gasteiger partial charge in [0.25, 0.3) is 0 Å². The Bertz CT molecular complexity index is 332. The highest BCUT2D eigenvalue weighted by molar-refractivity contribution is 9.10. The van der Waals surface area contributed by atoms with Crippen LogP contribution in [-0.4, -0.2) is 10.2 Å². The summed E-state index contributed by atoms with van der Waals surface area (Å²) in [7, 11) is 0. The molecule has 2 nitrogen and oxygen atoms in total. The molecule has 0 aliphatic heterocycles.